The summed E-state index contributed by atoms with van der Waals surface area (Å²) in [6.45, 7) is 3.49. The molecule has 8 nitrogen and oxygen atoms in total. The molecule has 0 radical (unpaired) electrons. The number of hydrogen-bond acceptors (Lipinski definition) is 5. The van der Waals surface area contributed by atoms with Crippen LogP contribution in [0, 0.1) is 0 Å². The highest BCUT2D eigenvalue weighted by molar-refractivity contribution is 5.95. The molecule has 2 aromatic carbocycles. The first kappa shape index (κ1) is 20.7. The number of piperidine rings is 1. The molecule has 2 aliphatic rings. The molecule has 0 aromatic heterocycles. The van der Waals surface area contributed by atoms with Gasteiger partial charge in [-0.25, -0.2) is 9.59 Å². The number of nitrogens with one attached hydrogen (secondary N) is 2. The van der Waals surface area contributed by atoms with Crippen LogP contribution in [0.4, 0.5) is 16.2 Å². The van der Waals surface area contributed by atoms with E-state index >= 15 is 0 Å². The number of carbonyl (C=O) groups is 3. The van der Waals surface area contributed by atoms with E-state index in [0.29, 0.717) is 50.5 Å². The minimum Gasteiger partial charge on any atom is -0.462 e. The molecule has 4 rings (SSSR count). The molecule has 0 atom stereocenters. The lowest BCUT2D eigenvalue weighted by Crippen LogP contribution is -2.57. The molecule has 2 heterocycles. The van der Waals surface area contributed by atoms with Crippen LogP contribution in [-0.2, 0) is 9.53 Å². The Morgan fingerprint density at radius 3 is 2.39 bits per heavy atom. The number of likely N-dealkylation sites (tertiary alicyclic amines) is 1. The van der Waals surface area contributed by atoms with Crippen molar-refractivity contribution in [1.82, 2.24) is 10.2 Å². The van der Waals surface area contributed by atoms with Crippen molar-refractivity contribution in [3.8, 4) is 0 Å². The number of ether oxygens (including phenoxy) is 1. The summed E-state index contributed by atoms with van der Waals surface area (Å²) in [6, 6.07) is 16.3. The number of esters is 1. The van der Waals surface area contributed by atoms with Crippen molar-refractivity contribution in [3.05, 3.63) is 60.2 Å². The lowest BCUT2D eigenvalue weighted by atomic mass is 9.85. The van der Waals surface area contributed by atoms with Crippen molar-refractivity contribution in [2.45, 2.75) is 25.3 Å². The molecule has 2 aromatic rings. The van der Waals surface area contributed by atoms with E-state index in [4.69, 9.17) is 4.74 Å². The normalized spacial score (nSPS) is 17.4. The fourth-order valence-electron chi connectivity index (χ4n) is 4.22. The average molecular weight is 422 g/mol. The minimum absolute atomic E-state index is 0.0194. The largest absolute Gasteiger partial charge is 0.462 e. The third-order valence-electron chi connectivity index (χ3n) is 5.93. The molecule has 8 heteroatoms. The van der Waals surface area contributed by atoms with E-state index in [9.17, 15) is 14.4 Å². The van der Waals surface area contributed by atoms with Gasteiger partial charge in [-0.1, -0.05) is 18.2 Å². The number of para-hydroxylation sites is 1. The molecule has 1 spiro atoms. The van der Waals surface area contributed by atoms with E-state index in [-0.39, 0.29) is 17.9 Å². The number of rotatable bonds is 4. The maximum Gasteiger partial charge on any atom is 0.338 e. The van der Waals surface area contributed by atoms with E-state index in [1.807, 2.05) is 30.3 Å². The minimum atomic E-state index is -0.626. The standard InChI is InChI=1S/C23H26N4O4/c1-2-31-20(28)17-8-10-18(11-9-17)25-22(30)26-14-12-23(13-15-26)21(29)24-16-27(23)19-6-4-3-5-7-19/h3-11H,2,12-16H2,1H3,(H,24,29)(H,25,30). The smallest absolute Gasteiger partial charge is 0.338 e. The third-order valence-corrected chi connectivity index (χ3v) is 5.93. The zero-order valence-corrected chi connectivity index (χ0v) is 17.5. The second kappa shape index (κ2) is 8.67. The van der Waals surface area contributed by atoms with Gasteiger partial charge in [0.1, 0.15) is 5.54 Å². The monoisotopic (exact) mass is 422 g/mol. The molecule has 2 saturated heterocycles. The molecule has 0 bridgehead atoms. The fourth-order valence-corrected chi connectivity index (χ4v) is 4.22. The first-order valence-electron chi connectivity index (χ1n) is 10.5. The Labute approximate surface area is 181 Å². The molecule has 31 heavy (non-hydrogen) atoms. The molecule has 162 valence electrons. The van der Waals surface area contributed by atoms with Crippen molar-refractivity contribution < 1.29 is 19.1 Å². The number of hydrogen-bond donors (Lipinski definition) is 2. The molecular weight excluding hydrogens is 396 g/mol. The van der Waals surface area contributed by atoms with Crippen LogP contribution in [0.3, 0.4) is 0 Å². The first-order chi connectivity index (χ1) is 15.0. The molecule has 3 amide bonds. The number of amides is 3. The fraction of sp³-hybridized carbons (Fsp3) is 0.348. The Morgan fingerprint density at radius 1 is 1.06 bits per heavy atom. The lowest BCUT2D eigenvalue weighted by Gasteiger charge is -2.43. The molecular formula is C23H26N4O4. The summed E-state index contributed by atoms with van der Waals surface area (Å²) in [5, 5.41) is 5.83. The van der Waals surface area contributed by atoms with Crippen molar-refractivity contribution >= 4 is 29.3 Å². The van der Waals surface area contributed by atoms with Gasteiger partial charge in [0.05, 0.1) is 18.8 Å². The van der Waals surface area contributed by atoms with Crippen LogP contribution < -0.4 is 15.5 Å². The summed E-state index contributed by atoms with van der Waals surface area (Å²) >= 11 is 0. The Bertz CT molecular complexity index is 953. The topological polar surface area (TPSA) is 91.0 Å². The van der Waals surface area contributed by atoms with Gasteiger partial charge in [0.2, 0.25) is 5.91 Å². The zero-order valence-electron chi connectivity index (χ0n) is 17.5. The van der Waals surface area contributed by atoms with Crippen LogP contribution in [0.1, 0.15) is 30.1 Å². The summed E-state index contributed by atoms with van der Waals surface area (Å²) in [5.74, 6) is -0.370. The zero-order chi connectivity index (χ0) is 21.8. The molecule has 0 saturated carbocycles. The number of urea groups is 1. The van der Waals surface area contributed by atoms with Crippen LogP contribution in [0.15, 0.2) is 54.6 Å². The Kier molecular flexibility index (Phi) is 5.79. The van der Waals surface area contributed by atoms with Crippen LogP contribution in [0.5, 0.6) is 0 Å². The van der Waals surface area contributed by atoms with Gasteiger partial charge < -0.3 is 25.2 Å². The van der Waals surface area contributed by atoms with E-state index < -0.39 is 5.54 Å². The summed E-state index contributed by atoms with van der Waals surface area (Å²) in [7, 11) is 0. The van der Waals surface area contributed by atoms with E-state index in [1.54, 1.807) is 36.1 Å². The summed E-state index contributed by atoms with van der Waals surface area (Å²) in [6.07, 6.45) is 1.12. The molecule has 2 aliphatic heterocycles. The Balaban J connectivity index is 1.38. The van der Waals surface area contributed by atoms with Gasteiger partial charge in [-0.05, 0) is 56.2 Å². The second-order valence-electron chi connectivity index (χ2n) is 7.67. The SMILES string of the molecule is CCOC(=O)c1ccc(NC(=O)N2CCC3(CC2)C(=O)NCN3c2ccccc2)cc1. The highest BCUT2D eigenvalue weighted by Crippen LogP contribution is 2.36. The summed E-state index contributed by atoms with van der Waals surface area (Å²) < 4.78 is 4.97. The van der Waals surface area contributed by atoms with E-state index in [1.165, 1.54) is 0 Å². The molecule has 2 fully saturated rings. The van der Waals surface area contributed by atoms with Crippen molar-refractivity contribution in [3.63, 3.8) is 0 Å². The van der Waals surface area contributed by atoms with Gasteiger partial charge in [0.15, 0.2) is 0 Å². The van der Waals surface area contributed by atoms with Gasteiger partial charge in [0.25, 0.3) is 0 Å². The predicted octanol–water partition coefficient (Wildman–Crippen LogP) is 2.82. The van der Waals surface area contributed by atoms with Gasteiger partial charge in [-0.3, -0.25) is 4.79 Å². The van der Waals surface area contributed by atoms with Gasteiger partial charge >= 0.3 is 12.0 Å². The van der Waals surface area contributed by atoms with Crippen LogP contribution >= 0.6 is 0 Å². The van der Waals surface area contributed by atoms with Crippen molar-refractivity contribution in [1.29, 1.82) is 0 Å². The predicted molar refractivity (Wildman–Crippen MR) is 117 cm³/mol. The first-order valence-corrected chi connectivity index (χ1v) is 10.5. The summed E-state index contributed by atoms with van der Waals surface area (Å²) in [4.78, 5) is 41.0. The van der Waals surface area contributed by atoms with E-state index in [2.05, 4.69) is 15.5 Å². The average Bonchev–Trinajstić information content (AvgIpc) is 3.11. The third kappa shape index (κ3) is 4.05. The molecule has 0 unspecified atom stereocenters. The van der Waals surface area contributed by atoms with Gasteiger partial charge in [-0.15, -0.1) is 0 Å². The van der Waals surface area contributed by atoms with Crippen molar-refractivity contribution in [2.75, 3.05) is 36.6 Å². The highest BCUT2D eigenvalue weighted by atomic mass is 16.5. The number of anilines is 2. The lowest BCUT2D eigenvalue weighted by molar-refractivity contribution is -0.124. The van der Waals surface area contributed by atoms with E-state index in [0.717, 1.165) is 5.69 Å². The maximum absolute atomic E-state index is 12.7. The molecule has 2 N–H and O–H groups in total. The summed E-state index contributed by atoms with van der Waals surface area (Å²) in [5.41, 5.74) is 1.41. The number of nitrogens with zero attached hydrogens (tertiary/aromatic N) is 2. The van der Waals surface area contributed by atoms with Gasteiger partial charge in [-0.2, -0.15) is 0 Å². The number of carbonyl (C=O) groups excluding carboxylic acids is 3. The van der Waals surface area contributed by atoms with Crippen molar-refractivity contribution in [2.24, 2.45) is 0 Å². The van der Waals surface area contributed by atoms with Crippen LogP contribution in [0.25, 0.3) is 0 Å². The van der Waals surface area contributed by atoms with Crippen LogP contribution in [0.2, 0.25) is 0 Å². The Hall–Kier alpha value is -3.55. The quantitative estimate of drug-likeness (QED) is 0.740. The molecule has 0 aliphatic carbocycles. The number of benzene rings is 2. The second-order valence-corrected chi connectivity index (χ2v) is 7.67. The van der Waals surface area contributed by atoms with Crippen LogP contribution in [-0.4, -0.2) is 54.7 Å². The van der Waals surface area contributed by atoms with Gasteiger partial charge in [0, 0.05) is 24.5 Å². The highest BCUT2D eigenvalue weighted by Gasteiger charge is 2.50. The Morgan fingerprint density at radius 2 is 1.74 bits per heavy atom. The maximum atomic E-state index is 12.7.